The smallest absolute Gasteiger partial charge is 0.252 e. The molecule has 5 heteroatoms. The summed E-state index contributed by atoms with van der Waals surface area (Å²) >= 11 is 3.49. The summed E-state index contributed by atoms with van der Waals surface area (Å²) in [4.78, 5) is 15.0. The number of amides is 1. The molecule has 0 aliphatic carbocycles. The number of piperidine rings is 1. The van der Waals surface area contributed by atoms with Gasteiger partial charge in [0, 0.05) is 27.6 Å². The molecule has 23 heavy (non-hydrogen) atoms. The second-order valence-corrected chi connectivity index (χ2v) is 7.96. The number of thioether (sulfide) groups is 1. The minimum absolute atomic E-state index is 0.0541. The normalized spacial score (nSPS) is 21.1. The first-order chi connectivity index (χ1) is 11.2. The summed E-state index contributed by atoms with van der Waals surface area (Å²) in [5.74, 6) is 0.963. The highest BCUT2D eigenvalue weighted by atomic mass is 32.2. The zero-order valence-electron chi connectivity index (χ0n) is 13.2. The Kier molecular flexibility index (Phi) is 5.75. The lowest BCUT2D eigenvalue weighted by Gasteiger charge is -2.28. The van der Waals surface area contributed by atoms with Crippen molar-refractivity contribution in [1.29, 1.82) is 0 Å². The number of carbonyl (C=O) groups is 1. The maximum Gasteiger partial charge on any atom is 0.252 e. The molecular weight excluding hydrogens is 324 g/mol. The van der Waals surface area contributed by atoms with E-state index in [0.717, 1.165) is 35.6 Å². The van der Waals surface area contributed by atoms with Gasteiger partial charge >= 0.3 is 0 Å². The highest BCUT2D eigenvalue weighted by Gasteiger charge is 2.21. The first-order valence-electron chi connectivity index (χ1n) is 8.01. The van der Waals surface area contributed by atoms with Gasteiger partial charge in [-0.15, -0.1) is 23.1 Å². The van der Waals surface area contributed by atoms with Gasteiger partial charge in [0.25, 0.3) is 5.91 Å². The fourth-order valence-electron chi connectivity index (χ4n) is 2.85. The van der Waals surface area contributed by atoms with Crippen molar-refractivity contribution in [3.63, 3.8) is 0 Å². The van der Waals surface area contributed by atoms with Gasteiger partial charge in [-0.25, -0.2) is 0 Å². The monoisotopic (exact) mass is 346 g/mol. The summed E-state index contributed by atoms with van der Waals surface area (Å²) in [6, 6.07) is 12.9. The molecule has 1 fully saturated rings. The van der Waals surface area contributed by atoms with Crippen LogP contribution in [0.3, 0.4) is 0 Å². The van der Waals surface area contributed by atoms with Crippen molar-refractivity contribution in [3.05, 3.63) is 52.2 Å². The van der Waals surface area contributed by atoms with E-state index in [-0.39, 0.29) is 11.9 Å². The number of carbonyl (C=O) groups excluding carboxylic acids is 1. The van der Waals surface area contributed by atoms with Crippen molar-refractivity contribution in [2.75, 3.05) is 6.54 Å². The Morgan fingerprint density at radius 3 is 3.00 bits per heavy atom. The highest BCUT2D eigenvalue weighted by Crippen LogP contribution is 2.28. The fraction of sp³-hybridized carbons (Fsp3) is 0.389. The number of hydrogen-bond acceptors (Lipinski definition) is 4. The molecule has 1 aromatic carbocycles. The van der Waals surface area contributed by atoms with E-state index in [9.17, 15) is 4.79 Å². The van der Waals surface area contributed by atoms with Gasteiger partial charge in [-0.2, -0.15) is 0 Å². The van der Waals surface area contributed by atoms with Crippen molar-refractivity contribution in [3.8, 4) is 0 Å². The molecule has 2 heterocycles. The maximum atomic E-state index is 12.7. The topological polar surface area (TPSA) is 41.1 Å². The zero-order chi connectivity index (χ0) is 16.1. The molecule has 122 valence electrons. The van der Waals surface area contributed by atoms with Crippen LogP contribution in [0.15, 0.2) is 46.7 Å². The number of rotatable bonds is 5. The van der Waals surface area contributed by atoms with Gasteiger partial charge in [-0.1, -0.05) is 18.2 Å². The summed E-state index contributed by atoms with van der Waals surface area (Å²) in [7, 11) is 0. The molecule has 3 rings (SSSR count). The van der Waals surface area contributed by atoms with Crippen LogP contribution in [-0.4, -0.2) is 24.5 Å². The second-order valence-electron chi connectivity index (χ2n) is 5.91. The molecule has 0 saturated carbocycles. The summed E-state index contributed by atoms with van der Waals surface area (Å²) < 4.78 is 0. The van der Waals surface area contributed by atoms with Crippen molar-refractivity contribution in [2.24, 2.45) is 0 Å². The molecule has 2 unspecified atom stereocenters. The van der Waals surface area contributed by atoms with E-state index in [1.165, 1.54) is 4.88 Å². The Bertz CT molecular complexity index is 642. The molecule has 0 radical (unpaired) electrons. The molecule has 0 spiro atoms. The van der Waals surface area contributed by atoms with Gasteiger partial charge in [0.2, 0.25) is 0 Å². The van der Waals surface area contributed by atoms with E-state index >= 15 is 0 Å². The lowest BCUT2D eigenvalue weighted by Crippen LogP contribution is -2.46. The summed E-state index contributed by atoms with van der Waals surface area (Å²) in [5, 5.41) is 8.72. The Morgan fingerprint density at radius 2 is 2.22 bits per heavy atom. The molecular formula is C18H22N2OS2. The van der Waals surface area contributed by atoms with E-state index in [1.807, 2.05) is 24.3 Å². The standard InChI is InChI=1S/C18H22N2OS2/c1-13-11-14(8-9-19-13)20-18(21)16-6-2-3-7-17(16)23-12-15-5-4-10-22-15/h2-7,10,13-14,19H,8-9,11-12H2,1H3,(H,20,21). The van der Waals surface area contributed by atoms with Gasteiger partial charge in [-0.3, -0.25) is 4.79 Å². The molecule has 1 amide bonds. The average Bonchev–Trinajstić information content (AvgIpc) is 3.06. The fourth-order valence-corrected chi connectivity index (χ4v) is 4.67. The third-order valence-corrected chi connectivity index (χ3v) is 6.22. The largest absolute Gasteiger partial charge is 0.349 e. The third-order valence-electron chi connectivity index (χ3n) is 4.04. The van der Waals surface area contributed by atoms with Gasteiger partial charge in [0.05, 0.1) is 5.56 Å². The quantitative estimate of drug-likeness (QED) is 0.807. The van der Waals surface area contributed by atoms with E-state index < -0.39 is 0 Å². The van der Waals surface area contributed by atoms with Crippen LogP contribution in [0.4, 0.5) is 0 Å². The summed E-state index contributed by atoms with van der Waals surface area (Å²) in [6.07, 6.45) is 2.00. The molecule has 2 atom stereocenters. The molecule has 2 aromatic rings. The molecule has 0 bridgehead atoms. The zero-order valence-corrected chi connectivity index (χ0v) is 14.9. The Morgan fingerprint density at radius 1 is 1.35 bits per heavy atom. The Hall–Kier alpha value is -1.30. The van der Waals surface area contributed by atoms with Crippen molar-refractivity contribution >= 4 is 29.0 Å². The first kappa shape index (κ1) is 16.6. The van der Waals surface area contributed by atoms with Gasteiger partial charge in [-0.05, 0) is 49.9 Å². The number of hydrogen-bond donors (Lipinski definition) is 2. The van der Waals surface area contributed by atoms with Crippen LogP contribution in [-0.2, 0) is 5.75 Å². The van der Waals surface area contributed by atoms with Crippen LogP contribution < -0.4 is 10.6 Å². The average molecular weight is 347 g/mol. The first-order valence-corrected chi connectivity index (χ1v) is 9.87. The van der Waals surface area contributed by atoms with Crippen LogP contribution in [0.2, 0.25) is 0 Å². The van der Waals surface area contributed by atoms with E-state index in [0.29, 0.717) is 6.04 Å². The predicted molar refractivity (Wildman–Crippen MR) is 98.3 cm³/mol. The van der Waals surface area contributed by atoms with Gasteiger partial charge < -0.3 is 10.6 Å². The van der Waals surface area contributed by atoms with Crippen LogP contribution in [0.5, 0.6) is 0 Å². The lowest BCUT2D eigenvalue weighted by atomic mass is 10.0. The number of thiophene rings is 1. The lowest BCUT2D eigenvalue weighted by molar-refractivity contribution is 0.0922. The van der Waals surface area contributed by atoms with Crippen LogP contribution in [0.1, 0.15) is 35.0 Å². The minimum atomic E-state index is 0.0541. The molecule has 1 aliphatic rings. The minimum Gasteiger partial charge on any atom is -0.349 e. The molecule has 3 nitrogen and oxygen atoms in total. The molecule has 2 N–H and O–H groups in total. The van der Waals surface area contributed by atoms with E-state index in [2.05, 4.69) is 35.1 Å². The van der Waals surface area contributed by atoms with Gasteiger partial charge in [0.1, 0.15) is 0 Å². The van der Waals surface area contributed by atoms with Crippen molar-refractivity contribution < 1.29 is 4.79 Å². The summed E-state index contributed by atoms with van der Waals surface area (Å²) in [5.41, 5.74) is 0.792. The highest BCUT2D eigenvalue weighted by molar-refractivity contribution is 7.98. The number of benzene rings is 1. The van der Waals surface area contributed by atoms with Crippen LogP contribution >= 0.6 is 23.1 Å². The molecule has 1 saturated heterocycles. The SMILES string of the molecule is CC1CC(NC(=O)c2ccccc2SCc2cccs2)CCN1. The third kappa shape index (κ3) is 4.59. The Labute approximate surface area is 145 Å². The van der Waals surface area contributed by atoms with Crippen molar-refractivity contribution in [2.45, 2.75) is 42.5 Å². The number of nitrogens with one attached hydrogen (secondary N) is 2. The van der Waals surface area contributed by atoms with Gasteiger partial charge in [0.15, 0.2) is 0 Å². The van der Waals surface area contributed by atoms with E-state index in [1.54, 1.807) is 23.1 Å². The maximum absolute atomic E-state index is 12.7. The van der Waals surface area contributed by atoms with E-state index in [4.69, 9.17) is 0 Å². The van der Waals surface area contributed by atoms with Crippen LogP contribution in [0, 0.1) is 0 Å². The van der Waals surface area contributed by atoms with Crippen molar-refractivity contribution in [1.82, 2.24) is 10.6 Å². The molecule has 1 aliphatic heterocycles. The second kappa shape index (κ2) is 7.99. The molecule has 1 aromatic heterocycles. The Balaban J connectivity index is 1.65. The predicted octanol–water partition coefficient (Wildman–Crippen LogP) is 3.91. The van der Waals surface area contributed by atoms with Crippen LogP contribution in [0.25, 0.3) is 0 Å². The summed E-state index contributed by atoms with van der Waals surface area (Å²) in [6.45, 7) is 3.14.